The summed E-state index contributed by atoms with van der Waals surface area (Å²) in [6.45, 7) is 8.08. The number of hydrogen-bond donors (Lipinski definition) is 0. The van der Waals surface area contributed by atoms with E-state index >= 15 is 0 Å². The molecule has 0 radical (unpaired) electrons. The first-order chi connectivity index (χ1) is 9.75. The molecule has 1 heteroatoms. The van der Waals surface area contributed by atoms with Crippen LogP contribution in [0.25, 0.3) is 11.3 Å². The van der Waals surface area contributed by atoms with Crippen LogP contribution in [0.15, 0.2) is 36.5 Å². The van der Waals surface area contributed by atoms with Crippen molar-refractivity contribution in [3.8, 4) is 11.3 Å². The minimum absolute atomic E-state index is 0.0518. The Morgan fingerprint density at radius 1 is 1.16 bits per heavy atom. The SMILES string of the molecule is [2H]C([2H])(c1ccc(-c2cccc(C)c2C)[n+](C)c1)C(C)C. The van der Waals surface area contributed by atoms with Crippen LogP contribution >= 0.6 is 0 Å². The molecule has 0 N–H and O–H groups in total. The van der Waals surface area contributed by atoms with E-state index < -0.39 is 6.37 Å². The summed E-state index contributed by atoms with van der Waals surface area (Å²) in [5.74, 6) is -0.0518. The molecule has 1 nitrogen and oxygen atoms in total. The van der Waals surface area contributed by atoms with Crippen LogP contribution in [0.1, 0.15) is 33.3 Å². The van der Waals surface area contributed by atoms with Crippen molar-refractivity contribution in [1.29, 1.82) is 0 Å². The number of rotatable bonds is 3. The van der Waals surface area contributed by atoms with Gasteiger partial charge in [-0.25, -0.2) is 4.57 Å². The van der Waals surface area contributed by atoms with Crippen molar-refractivity contribution in [1.82, 2.24) is 0 Å². The minimum atomic E-state index is -1.31. The van der Waals surface area contributed by atoms with Gasteiger partial charge in [0.2, 0.25) is 5.69 Å². The molecule has 100 valence electrons. The second kappa shape index (κ2) is 5.56. The van der Waals surface area contributed by atoms with E-state index in [2.05, 4.69) is 32.0 Å². The summed E-state index contributed by atoms with van der Waals surface area (Å²) in [5.41, 5.74) is 5.59. The minimum Gasteiger partial charge on any atom is -0.201 e. The van der Waals surface area contributed by atoms with Crippen LogP contribution in [-0.4, -0.2) is 0 Å². The van der Waals surface area contributed by atoms with Crippen LogP contribution in [0.3, 0.4) is 0 Å². The van der Waals surface area contributed by atoms with Gasteiger partial charge in [0.1, 0.15) is 7.05 Å². The second-order valence-corrected chi connectivity index (χ2v) is 5.46. The Bertz CT molecular complexity index is 660. The summed E-state index contributed by atoms with van der Waals surface area (Å²) in [6.07, 6.45) is 0.606. The van der Waals surface area contributed by atoms with Crippen LogP contribution < -0.4 is 4.57 Å². The van der Waals surface area contributed by atoms with Crippen LogP contribution in [-0.2, 0) is 13.4 Å². The van der Waals surface area contributed by atoms with Crippen molar-refractivity contribution in [3.63, 3.8) is 0 Å². The van der Waals surface area contributed by atoms with Gasteiger partial charge in [0.05, 0.1) is 0 Å². The van der Waals surface area contributed by atoms with Crippen molar-refractivity contribution in [3.05, 3.63) is 53.2 Å². The van der Waals surface area contributed by atoms with Crippen molar-refractivity contribution in [2.75, 3.05) is 0 Å². The molecular weight excluding hydrogens is 230 g/mol. The average Bonchev–Trinajstić information content (AvgIpc) is 2.42. The Labute approximate surface area is 119 Å². The third kappa shape index (κ3) is 3.04. The lowest BCUT2D eigenvalue weighted by molar-refractivity contribution is -0.660. The number of pyridine rings is 1. The molecule has 19 heavy (non-hydrogen) atoms. The highest BCUT2D eigenvalue weighted by molar-refractivity contribution is 5.62. The predicted octanol–water partition coefficient (Wildman–Crippen LogP) is 3.99. The van der Waals surface area contributed by atoms with Gasteiger partial charge >= 0.3 is 0 Å². The summed E-state index contributed by atoms with van der Waals surface area (Å²) < 4.78 is 18.5. The summed E-state index contributed by atoms with van der Waals surface area (Å²) in [6, 6.07) is 10.2. The van der Waals surface area contributed by atoms with Crippen LogP contribution in [0, 0.1) is 19.8 Å². The summed E-state index contributed by atoms with van der Waals surface area (Å²) >= 11 is 0. The number of hydrogen-bond acceptors (Lipinski definition) is 0. The zero-order chi connectivity index (χ0) is 15.8. The molecule has 1 aromatic heterocycles. The van der Waals surface area contributed by atoms with E-state index in [9.17, 15) is 0 Å². The predicted molar refractivity (Wildman–Crippen MR) is 81.1 cm³/mol. The fourth-order valence-corrected chi connectivity index (χ4v) is 2.33. The van der Waals surface area contributed by atoms with E-state index in [-0.39, 0.29) is 5.92 Å². The van der Waals surface area contributed by atoms with Crippen LogP contribution in [0.5, 0.6) is 0 Å². The molecule has 0 saturated heterocycles. The zero-order valence-corrected chi connectivity index (χ0v) is 12.5. The van der Waals surface area contributed by atoms with Crippen molar-refractivity contribution < 1.29 is 7.31 Å². The first-order valence-corrected chi connectivity index (χ1v) is 6.82. The number of nitrogens with zero attached hydrogens (tertiary/aromatic N) is 1. The summed E-state index contributed by atoms with van der Waals surface area (Å²) in [5, 5.41) is 0. The van der Waals surface area contributed by atoms with E-state index in [1.54, 1.807) is 0 Å². The third-order valence-electron chi connectivity index (χ3n) is 3.47. The maximum absolute atomic E-state index is 8.22. The first-order valence-electron chi connectivity index (χ1n) is 7.82. The lowest BCUT2D eigenvalue weighted by Crippen LogP contribution is -2.31. The van der Waals surface area contributed by atoms with Gasteiger partial charge in [-0.1, -0.05) is 26.0 Å². The van der Waals surface area contributed by atoms with Gasteiger partial charge in [0.15, 0.2) is 6.20 Å². The van der Waals surface area contributed by atoms with Crippen LogP contribution in [0.2, 0.25) is 0 Å². The number of aryl methyl sites for hydroxylation is 2. The van der Waals surface area contributed by atoms with Gasteiger partial charge < -0.3 is 0 Å². The Kier molecular flexibility index (Phi) is 3.28. The van der Waals surface area contributed by atoms with E-state index in [1.807, 2.05) is 43.8 Å². The molecule has 0 spiro atoms. The normalized spacial score (nSPS) is 13.4. The number of benzene rings is 1. The Hall–Kier alpha value is -1.63. The maximum Gasteiger partial charge on any atom is 0.212 e. The van der Waals surface area contributed by atoms with Gasteiger partial charge in [-0.3, -0.25) is 0 Å². The lowest BCUT2D eigenvalue weighted by atomic mass is 9.99. The molecule has 0 saturated carbocycles. The van der Waals surface area contributed by atoms with Gasteiger partial charge in [0.25, 0.3) is 0 Å². The zero-order valence-electron chi connectivity index (χ0n) is 14.5. The van der Waals surface area contributed by atoms with Crippen molar-refractivity contribution >= 4 is 0 Å². The molecule has 0 aliphatic heterocycles. The van der Waals surface area contributed by atoms with E-state index in [1.165, 1.54) is 16.7 Å². The van der Waals surface area contributed by atoms with Crippen LogP contribution in [0.4, 0.5) is 0 Å². The highest BCUT2D eigenvalue weighted by Crippen LogP contribution is 2.23. The Balaban J connectivity index is 2.53. The molecule has 2 aromatic rings. The highest BCUT2D eigenvalue weighted by Gasteiger charge is 2.14. The topological polar surface area (TPSA) is 3.88 Å². The Morgan fingerprint density at radius 3 is 2.53 bits per heavy atom. The molecule has 0 atom stereocenters. The van der Waals surface area contributed by atoms with Gasteiger partial charge in [0, 0.05) is 19.9 Å². The summed E-state index contributed by atoms with van der Waals surface area (Å²) in [7, 11) is 1.98. The molecule has 2 rings (SSSR count). The molecule has 1 aromatic carbocycles. The van der Waals surface area contributed by atoms with Crippen molar-refractivity contribution in [2.24, 2.45) is 13.0 Å². The summed E-state index contributed by atoms with van der Waals surface area (Å²) in [4.78, 5) is 0. The first kappa shape index (κ1) is 11.2. The van der Waals surface area contributed by atoms with E-state index in [0.717, 1.165) is 11.3 Å². The average molecular weight is 256 g/mol. The molecule has 0 bridgehead atoms. The fraction of sp³-hybridized carbons (Fsp3) is 0.389. The number of aromatic nitrogens is 1. The largest absolute Gasteiger partial charge is 0.212 e. The second-order valence-electron chi connectivity index (χ2n) is 5.46. The molecule has 0 aliphatic rings. The monoisotopic (exact) mass is 256 g/mol. The molecular formula is C18H24N+. The molecule has 0 unspecified atom stereocenters. The lowest BCUT2D eigenvalue weighted by Gasteiger charge is -2.09. The molecule has 0 fully saturated rings. The molecule has 0 aliphatic carbocycles. The quantitative estimate of drug-likeness (QED) is 0.731. The van der Waals surface area contributed by atoms with Crippen molar-refractivity contribution in [2.45, 2.75) is 34.1 Å². The van der Waals surface area contributed by atoms with Gasteiger partial charge in [-0.15, -0.1) is 0 Å². The third-order valence-corrected chi connectivity index (χ3v) is 3.47. The molecule has 0 amide bonds. The van der Waals surface area contributed by atoms with Gasteiger partial charge in [-0.05, 0) is 49.4 Å². The standard InChI is InChI=1S/C18H24N/c1-13(2)11-16-9-10-18(19(5)12-16)17-8-6-7-14(3)15(17)4/h6-10,12-13H,11H2,1-5H3/q+1/i11D2. The molecule has 1 heterocycles. The maximum atomic E-state index is 8.22. The smallest absolute Gasteiger partial charge is 0.201 e. The van der Waals surface area contributed by atoms with E-state index in [4.69, 9.17) is 2.74 Å². The highest BCUT2D eigenvalue weighted by atomic mass is 14.9. The fourth-order valence-electron chi connectivity index (χ4n) is 2.33. The van der Waals surface area contributed by atoms with Gasteiger partial charge in [-0.2, -0.15) is 0 Å². The Morgan fingerprint density at radius 2 is 1.89 bits per heavy atom. The van der Waals surface area contributed by atoms with E-state index in [0.29, 0.717) is 0 Å².